The summed E-state index contributed by atoms with van der Waals surface area (Å²) < 4.78 is 5.46. The van der Waals surface area contributed by atoms with Crippen LogP contribution in [0.15, 0.2) is 0 Å². The van der Waals surface area contributed by atoms with Crippen molar-refractivity contribution in [2.75, 3.05) is 13.2 Å². The molecule has 2 aliphatic rings. The summed E-state index contributed by atoms with van der Waals surface area (Å²) in [5.74, 6) is 0.435. The SMILES string of the molecule is C[C@@H]1COC[C@H](C)N1C(=O)[C@H]1CCC[C@@H](N)C1. The molecule has 2 rings (SSSR count). The molecular formula is C13H24N2O2. The molecular weight excluding hydrogens is 216 g/mol. The lowest BCUT2D eigenvalue weighted by molar-refractivity contribution is -0.149. The number of amides is 1. The van der Waals surface area contributed by atoms with Crippen LogP contribution in [-0.4, -0.2) is 42.1 Å². The molecule has 0 spiro atoms. The normalized spacial score (nSPS) is 39.1. The van der Waals surface area contributed by atoms with Crippen LogP contribution in [-0.2, 0) is 9.53 Å². The van der Waals surface area contributed by atoms with Gasteiger partial charge in [-0.1, -0.05) is 6.42 Å². The molecule has 0 bridgehead atoms. The van der Waals surface area contributed by atoms with Gasteiger partial charge in [-0.2, -0.15) is 0 Å². The van der Waals surface area contributed by atoms with Crippen LogP contribution in [0.2, 0.25) is 0 Å². The zero-order chi connectivity index (χ0) is 12.4. The van der Waals surface area contributed by atoms with Crippen LogP contribution in [0.5, 0.6) is 0 Å². The number of nitrogens with zero attached hydrogens (tertiary/aromatic N) is 1. The van der Waals surface area contributed by atoms with E-state index in [0.717, 1.165) is 25.7 Å². The lowest BCUT2D eigenvalue weighted by Crippen LogP contribution is -2.55. The summed E-state index contributed by atoms with van der Waals surface area (Å²) in [5, 5.41) is 0. The van der Waals surface area contributed by atoms with Crippen molar-refractivity contribution in [3.63, 3.8) is 0 Å². The average Bonchev–Trinajstić information content (AvgIpc) is 2.28. The first-order valence-corrected chi connectivity index (χ1v) is 6.75. The van der Waals surface area contributed by atoms with E-state index in [1.54, 1.807) is 0 Å². The molecule has 1 aliphatic heterocycles. The predicted molar refractivity (Wildman–Crippen MR) is 66.5 cm³/mol. The quantitative estimate of drug-likeness (QED) is 0.748. The van der Waals surface area contributed by atoms with Gasteiger partial charge in [0.25, 0.3) is 0 Å². The largest absolute Gasteiger partial charge is 0.377 e. The number of ether oxygens (including phenoxy) is 1. The van der Waals surface area contributed by atoms with Crippen LogP contribution >= 0.6 is 0 Å². The summed E-state index contributed by atoms with van der Waals surface area (Å²) in [5.41, 5.74) is 5.97. The molecule has 0 aromatic rings. The van der Waals surface area contributed by atoms with E-state index in [0.29, 0.717) is 19.1 Å². The van der Waals surface area contributed by atoms with Gasteiger partial charge in [-0.15, -0.1) is 0 Å². The van der Waals surface area contributed by atoms with Crippen molar-refractivity contribution >= 4 is 5.91 Å². The maximum atomic E-state index is 12.5. The molecule has 0 aromatic carbocycles. The first kappa shape index (κ1) is 12.8. The number of hydrogen-bond donors (Lipinski definition) is 1. The Labute approximate surface area is 103 Å². The van der Waals surface area contributed by atoms with E-state index >= 15 is 0 Å². The van der Waals surface area contributed by atoms with Crippen LogP contribution in [0.25, 0.3) is 0 Å². The van der Waals surface area contributed by atoms with Crippen LogP contribution in [0.1, 0.15) is 39.5 Å². The molecule has 2 fully saturated rings. The second-order valence-corrected chi connectivity index (χ2v) is 5.60. The minimum atomic E-state index is 0.141. The molecule has 4 nitrogen and oxygen atoms in total. The molecule has 1 aliphatic carbocycles. The molecule has 98 valence electrons. The maximum Gasteiger partial charge on any atom is 0.226 e. The molecule has 0 radical (unpaired) electrons. The van der Waals surface area contributed by atoms with Crippen molar-refractivity contribution in [2.45, 2.75) is 57.7 Å². The highest BCUT2D eigenvalue weighted by Crippen LogP contribution is 2.27. The number of morpholine rings is 1. The number of hydrogen-bond acceptors (Lipinski definition) is 3. The van der Waals surface area contributed by atoms with Gasteiger partial charge in [-0.25, -0.2) is 0 Å². The third-order valence-electron chi connectivity index (χ3n) is 3.99. The highest BCUT2D eigenvalue weighted by atomic mass is 16.5. The van der Waals surface area contributed by atoms with Crippen molar-refractivity contribution < 1.29 is 9.53 Å². The molecule has 0 aromatic heterocycles. The van der Waals surface area contributed by atoms with Crippen LogP contribution in [0.3, 0.4) is 0 Å². The van der Waals surface area contributed by atoms with Gasteiger partial charge < -0.3 is 15.4 Å². The number of carbonyl (C=O) groups is 1. The highest BCUT2D eigenvalue weighted by Gasteiger charge is 2.35. The first-order valence-electron chi connectivity index (χ1n) is 6.75. The fraction of sp³-hybridized carbons (Fsp3) is 0.923. The Balaban J connectivity index is 2.02. The fourth-order valence-electron chi connectivity index (χ4n) is 3.10. The summed E-state index contributed by atoms with van der Waals surface area (Å²) in [6.07, 6.45) is 4.02. The van der Waals surface area contributed by atoms with Crippen LogP contribution in [0, 0.1) is 5.92 Å². The van der Waals surface area contributed by atoms with Gasteiger partial charge >= 0.3 is 0 Å². The Kier molecular flexibility index (Phi) is 4.05. The van der Waals surface area contributed by atoms with Gasteiger partial charge in [-0.3, -0.25) is 4.79 Å². The first-order chi connectivity index (χ1) is 8.09. The Hall–Kier alpha value is -0.610. The third-order valence-corrected chi connectivity index (χ3v) is 3.99. The summed E-state index contributed by atoms with van der Waals surface area (Å²) in [6, 6.07) is 0.609. The smallest absolute Gasteiger partial charge is 0.226 e. The Morgan fingerprint density at radius 1 is 1.24 bits per heavy atom. The molecule has 4 atom stereocenters. The molecule has 1 saturated carbocycles. The minimum Gasteiger partial charge on any atom is -0.377 e. The van der Waals surface area contributed by atoms with E-state index in [2.05, 4.69) is 13.8 Å². The fourth-order valence-corrected chi connectivity index (χ4v) is 3.10. The van der Waals surface area contributed by atoms with E-state index in [1.807, 2.05) is 4.90 Å². The Bertz CT molecular complexity index is 273. The predicted octanol–water partition coefficient (Wildman–Crippen LogP) is 1.14. The van der Waals surface area contributed by atoms with Crippen molar-refractivity contribution in [1.82, 2.24) is 4.90 Å². The third kappa shape index (κ3) is 2.80. The number of rotatable bonds is 1. The van der Waals surface area contributed by atoms with Crippen LogP contribution in [0.4, 0.5) is 0 Å². The van der Waals surface area contributed by atoms with E-state index in [1.165, 1.54) is 0 Å². The highest BCUT2D eigenvalue weighted by molar-refractivity contribution is 5.79. The van der Waals surface area contributed by atoms with Crippen molar-refractivity contribution in [1.29, 1.82) is 0 Å². The average molecular weight is 240 g/mol. The Morgan fingerprint density at radius 2 is 1.88 bits per heavy atom. The van der Waals surface area contributed by atoms with Crippen molar-refractivity contribution in [3.8, 4) is 0 Å². The Morgan fingerprint density at radius 3 is 2.47 bits per heavy atom. The summed E-state index contributed by atoms with van der Waals surface area (Å²) >= 11 is 0. The van der Waals surface area contributed by atoms with Gasteiger partial charge in [0.1, 0.15) is 0 Å². The summed E-state index contributed by atoms with van der Waals surface area (Å²) in [7, 11) is 0. The van der Waals surface area contributed by atoms with Gasteiger partial charge in [-0.05, 0) is 33.1 Å². The monoisotopic (exact) mass is 240 g/mol. The topological polar surface area (TPSA) is 55.6 Å². The van der Waals surface area contributed by atoms with Crippen molar-refractivity contribution in [3.05, 3.63) is 0 Å². The minimum absolute atomic E-state index is 0.141. The van der Waals surface area contributed by atoms with Gasteiger partial charge in [0, 0.05) is 12.0 Å². The van der Waals surface area contributed by atoms with Gasteiger partial charge in [0.15, 0.2) is 0 Å². The molecule has 1 heterocycles. The van der Waals surface area contributed by atoms with E-state index in [9.17, 15) is 4.79 Å². The molecule has 1 saturated heterocycles. The zero-order valence-electron chi connectivity index (χ0n) is 10.9. The number of carbonyl (C=O) groups excluding carboxylic acids is 1. The lowest BCUT2D eigenvalue weighted by atomic mass is 9.84. The summed E-state index contributed by atoms with van der Waals surface area (Å²) in [4.78, 5) is 14.6. The lowest BCUT2D eigenvalue weighted by Gasteiger charge is -2.41. The number of nitrogens with two attached hydrogens (primary N) is 1. The molecule has 4 heteroatoms. The van der Waals surface area contributed by atoms with E-state index in [-0.39, 0.29) is 24.0 Å². The van der Waals surface area contributed by atoms with Crippen molar-refractivity contribution in [2.24, 2.45) is 11.7 Å². The second kappa shape index (κ2) is 5.36. The molecule has 17 heavy (non-hydrogen) atoms. The van der Waals surface area contributed by atoms with Crippen LogP contribution < -0.4 is 5.73 Å². The van der Waals surface area contributed by atoms with E-state index in [4.69, 9.17) is 10.5 Å². The van der Waals surface area contributed by atoms with E-state index < -0.39 is 0 Å². The zero-order valence-corrected chi connectivity index (χ0v) is 10.9. The molecule has 1 amide bonds. The summed E-state index contributed by atoms with van der Waals surface area (Å²) in [6.45, 7) is 5.45. The standard InChI is InChI=1S/C13H24N2O2/c1-9-7-17-8-10(2)15(9)13(16)11-4-3-5-12(14)6-11/h9-12H,3-8,14H2,1-2H3/t9-,10+,11-,12+/m0/s1. The molecule has 2 N–H and O–H groups in total. The van der Waals surface area contributed by atoms with Gasteiger partial charge in [0.05, 0.1) is 25.3 Å². The molecule has 0 unspecified atom stereocenters. The van der Waals surface area contributed by atoms with Gasteiger partial charge in [0.2, 0.25) is 5.91 Å². The maximum absolute atomic E-state index is 12.5. The second-order valence-electron chi connectivity index (χ2n) is 5.60.